The molecule has 0 aliphatic heterocycles. The summed E-state index contributed by atoms with van der Waals surface area (Å²) in [6.07, 6.45) is -2.79. The van der Waals surface area contributed by atoms with Gasteiger partial charge in [0.05, 0.1) is 18.9 Å². The third kappa shape index (κ3) is 3.01. The van der Waals surface area contributed by atoms with Crippen LogP contribution in [-0.4, -0.2) is 7.11 Å². The van der Waals surface area contributed by atoms with E-state index >= 15 is 0 Å². The molecule has 4 heteroatoms. The Morgan fingerprint density at radius 1 is 1.20 bits per heavy atom. The first-order valence-electron chi connectivity index (χ1n) is 4.32. The van der Waals surface area contributed by atoms with Crippen LogP contribution in [0.15, 0.2) is 30.5 Å². The van der Waals surface area contributed by atoms with Gasteiger partial charge in [0.1, 0.15) is 0 Å². The van der Waals surface area contributed by atoms with Crippen molar-refractivity contribution < 1.29 is 17.9 Å². The number of rotatable bonds is 2. The van der Waals surface area contributed by atoms with Crippen molar-refractivity contribution in [1.82, 2.24) is 0 Å². The van der Waals surface area contributed by atoms with Gasteiger partial charge in [0.15, 0.2) is 0 Å². The van der Waals surface area contributed by atoms with Gasteiger partial charge in [-0.1, -0.05) is 12.1 Å². The van der Waals surface area contributed by atoms with Gasteiger partial charge in [0, 0.05) is 0 Å². The van der Waals surface area contributed by atoms with E-state index < -0.39 is 11.7 Å². The normalized spacial score (nSPS) is 12.7. The Balaban J connectivity index is 2.96. The first-order chi connectivity index (χ1) is 6.95. The second-order valence-electron chi connectivity index (χ2n) is 3.11. The number of methoxy groups -OCH3 is 1. The van der Waals surface area contributed by atoms with Crippen LogP contribution < -0.4 is 0 Å². The Kier molecular flexibility index (Phi) is 3.39. The fourth-order valence-electron chi connectivity index (χ4n) is 1.17. The van der Waals surface area contributed by atoms with E-state index in [4.69, 9.17) is 4.74 Å². The van der Waals surface area contributed by atoms with E-state index in [0.29, 0.717) is 5.56 Å². The average molecular weight is 216 g/mol. The predicted octanol–water partition coefficient (Wildman–Crippen LogP) is 3.71. The molecule has 1 aromatic carbocycles. The Morgan fingerprint density at radius 2 is 1.73 bits per heavy atom. The standard InChI is InChI=1S/C11H11F3O/c1-8(7-15-2)9-3-5-10(6-4-9)11(12,13)14/h3-7H,1-2H3/b8-7+. The van der Waals surface area contributed by atoms with Crippen molar-refractivity contribution in [3.8, 4) is 0 Å². The molecule has 0 saturated heterocycles. The van der Waals surface area contributed by atoms with E-state index in [1.807, 2.05) is 0 Å². The van der Waals surface area contributed by atoms with Crippen molar-refractivity contribution in [2.45, 2.75) is 13.1 Å². The smallest absolute Gasteiger partial charge is 0.416 e. The highest BCUT2D eigenvalue weighted by Crippen LogP contribution is 2.29. The fraction of sp³-hybridized carbons (Fsp3) is 0.273. The van der Waals surface area contributed by atoms with E-state index in [0.717, 1.165) is 17.7 Å². The van der Waals surface area contributed by atoms with Crippen molar-refractivity contribution in [2.24, 2.45) is 0 Å². The first-order valence-corrected chi connectivity index (χ1v) is 4.32. The highest BCUT2D eigenvalue weighted by Gasteiger charge is 2.29. The Bertz CT molecular complexity index is 349. The van der Waals surface area contributed by atoms with Gasteiger partial charge in [-0.15, -0.1) is 0 Å². The molecule has 0 fully saturated rings. The number of hydrogen-bond donors (Lipinski definition) is 0. The molecular weight excluding hydrogens is 205 g/mol. The summed E-state index contributed by atoms with van der Waals surface area (Å²) < 4.78 is 41.5. The summed E-state index contributed by atoms with van der Waals surface area (Å²) >= 11 is 0. The van der Waals surface area contributed by atoms with Crippen LogP contribution >= 0.6 is 0 Å². The largest absolute Gasteiger partial charge is 0.504 e. The third-order valence-corrected chi connectivity index (χ3v) is 1.96. The molecule has 0 spiro atoms. The molecule has 82 valence electrons. The van der Waals surface area contributed by atoms with E-state index in [-0.39, 0.29) is 0 Å². The lowest BCUT2D eigenvalue weighted by atomic mass is 10.1. The predicted molar refractivity (Wildman–Crippen MR) is 52.1 cm³/mol. The number of ether oxygens (including phenoxy) is 1. The lowest BCUT2D eigenvalue weighted by molar-refractivity contribution is -0.137. The van der Waals surface area contributed by atoms with E-state index in [2.05, 4.69) is 0 Å². The van der Waals surface area contributed by atoms with Gasteiger partial charge in [0.2, 0.25) is 0 Å². The van der Waals surface area contributed by atoms with Gasteiger partial charge in [-0.25, -0.2) is 0 Å². The number of allylic oxidation sites excluding steroid dienone is 1. The molecular formula is C11H11F3O. The minimum Gasteiger partial charge on any atom is -0.504 e. The van der Waals surface area contributed by atoms with Crippen LogP contribution in [0.3, 0.4) is 0 Å². The molecule has 1 rings (SSSR count). The van der Waals surface area contributed by atoms with Crippen LogP contribution in [0.2, 0.25) is 0 Å². The molecule has 15 heavy (non-hydrogen) atoms. The topological polar surface area (TPSA) is 9.23 Å². The van der Waals surface area contributed by atoms with Crippen molar-refractivity contribution in [2.75, 3.05) is 7.11 Å². The minimum atomic E-state index is -4.28. The Morgan fingerprint density at radius 3 is 2.13 bits per heavy atom. The van der Waals surface area contributed by atoms with Crippen molar-refractivity contribution >= 4 is 5.57 Å². The Labute approximate surface area is 86.2 Å². The maximum atomic E-state index is 12.2. The number of alkyl halides is 3. The molecule has 1 aromatic rings. The summed E-state index contributed by atoms with van der Waals surface area (Å²) in [6.45, 7) is 1.77. The van der Waals surface area contributed by atoms with Gasteiger partial charge in [0.25, 0.3) is 0 Å². The maximum Gasteiger partial charge on any atom is 0.416 e. The third-order valence-electron chi connectivity index (χ3n) is 1.96. The van der Waals surface area contributed by atoms with E-state index in [1.54, 1.807) is 6.92 Å². The van der Waals surface area contributed by atoms with Gasteiger partial charge >= 0.3 is 6.18 Å². The summed E-state index contributed by atoms with van der Waals surface area (Å²) in [6, 6.07) is 4.96. The maximum absolute atomic E-state index is 12.2. The molecule has 0 unspecified atom stereocenters. The van der Waals surface area contributed by atoms with Gasteiger partial charge in [-0.2, -0.15) is 13.2 Å². The monoisotopic (exact) mass is 216 g/mol. The summed E-state index contributed by atoms with van der Waals surface area (Å²) in [5.74, 6) is 0. The summed E-state index contributed by atoms with van der Waals surface area (Å²) in [7, 11) is 1.49. The second-order valence-corrected chi connectivity index (χ2v) is 3.11. The van der Waals surface area contributed by atoms with Crippen LogP contribution in [0.25, 0.3) is 5.57 Å². The zero-order valence-electron chi connectivity index (χ0n) is 8.43. The molecule has 0 amide bonds. The molecule has 0 atom stereocenters. The second kappa shape index (κ2) is 4.38. The van der Waals surface area contributed by atoms with Crippen LogP contribution in [-0.2, 0) is 10.9 Å². The highest BCUT2D eigenvalue weighted by molar-refractivity contribution is 5.62. The zero-order valence-corrected chi connectivity index (χ0v) is 8.43. The molecule has 1 nitrogen and oxygen atoms in total. The number of benzene rings is 1. The quantitative estimate of drug-likeness (QED) is 0.685. The van der Waals surface area contributed by atoms with Crippen LogP contribution in [0, 0.1) is 0 Å². The van der Waals surface area contributed by atoms with E-state index in [1.165, 1.54) is 25.5 Å². The molecule has 0 heterocycles. The number of hydrogen-bond acceptors (Lipinski definition) is 1. The lowest BCUT2D eigenvalue weighted by Gasteiger charge is -2.07. The molecule has 0 aromatic heterocycles. The van der Waals surface area contributed by atoms with Gasteiger partial charge in [-0.05, 0) is 30.2 Å². The van der Waals surface area contributed by atoms with Crippen LogP contribution in [0.5, 0.6) is 0 Å². The molecule has 0 aliphatic rings. The number of halogens is 3. The molecule has 0 radical (unpaired) electrons. The summed E-state index contributed by atoms with van der Waals surface area (Å²) in [5.41, 5.74) is 0.854. The molecule has 0 aliphatic carbocycles. The van der Waals surface area contributed by atoms with Gasteiger partial charge < -0.3 is 4.74 Å². The van der Waals surface area contributed by atoms with Gasteiger partial charge in [-0.3, -0.25) is 0 Å². The van der Waals surface area contributed by atoms with Crippen molar-refractivity contribution in [3.05, 3.63) is 41.7 Å². The summed E-state index contributed by atoms with van der Waals surface area (Å²) in [5, 5.41) is 0. The SMILES string of the molecule is CO/C=C(\C)c1ccc(C(F)(F)F)cc1. The first kappa shape index (κ1) is 11.6. The molecule has 0 saturated carbocycles. The Hall–Kier alpha value is -1.45. The van der Waals surface area contributed by atoms with E-state index in [9.17, 15) is 13.2 Å². The highest BCUT2D eigenvalue weighted by atomic mass is 19.4. The molecule has 0 N–H and O–H groups in total. The minimum absolute atomic E-state index is 0.642. The van der Waals surface area contributed by atoms with Crippen LogP contribution in [0.4, 0.5) is 13.2 Å². The lowest BCUT2D eigenvalue weighted by Crippen LogP contribution is -2.04. The van der Waals surface area contributed by atoms with Crippen molar-refractivity contribution in [3.63, 3.8) is 0 Å². The average Bonchev–Trinajstić information content (AvgIpc) is 2.17. The van der Waals surface area contributed by atoms with Crippen molar-refractivity contribution in [1.29, 1.82) is 0 Å². The van der Waals surface area contributed by atoms with Crippen LogP contribution in [0.1, 0.15) is 18.1 Å². The zero-order chi connectivity index (χ0) is 11.5. The summed E-state index contributed by atoms with van der Waals surface area (Å²) in [4.78, 5) is 0. The fourth-order valence-corrected chi connectivity index (χ4v) is 1.17. The molecule has 0 bridgehead atoms.